The van der Waals surface area contributed by atoms with Crippen LogP contribution in [-0.4, -0.2) is 22.3 Å². The van der Waals surface area contributed by atoms with E-state index in [1.807, 2.05) is 36.4 Å². The molecule has 2 heterocycles. The Morgan fingerprint density at radius 1 is 0.413 bits per heavy atom. The van der Waals surface area contributed by atoms with Gasteiger partial charge in [-0.2, -0.15) is 0 Å². The Balaban J connectivity index is 0.996. The van der Waals surface area contributed by atoms with Crippen LogP contribution in [0.4, 0.5) is 11.4 Å². The molecule has 0 aliphatic carbocycles. The topological polar surface area (TPSA) is 80.4 Å². The molecule has 8 aromatic rings. The molecule has 46 heavy (non-hydrogen) atoms. The third-order valence-electron chi connectivity index (χ3n) is 8.87. The van der Waals surface area contributed by atoms with Crippen molar-refractivity contribution in [1.82, 2.24) is 9.13 Å². The van der Waals surface area contributed by atoms with Gasteiger partial charge in [-0.3, -0.25) is 0 Å². The van der Waals surface area contributed by atoms with E-state index in [0.717, 1.165) is 11.1 Å². The van der Waals surface area contributed by atoms with Gasteiger partial charge in [-0.25, -0.2) is 0 Å². The Bertz CT molecular complexity index is 2090. The average Bonchev–Trinajstić information content (AvgIpc) is 3.59. The molecule has 0 saturated heterocycles. The SMILES string of the molecule is Nc1ccc(-c2ccc(N)c(OCCn3c4ccccc4c4ccccc43)c2)cc1OCCn1c2ccccc2c2ccccc21. The lowest BCUT2D eigenvalue weighted by molar-refractivity contribution is 0.303. The third-order valence-corrected chi connectivity index (χ3v) is 8.87. The lowest BCUT2D eigenvalue weighted by Crippen LogP contribution is -2.09. The summed E-state index contributed by atoms with van der Waals surface area (Å²) in [6, 6.07) is 45.8. The van der Waals surface area contributed by atoms with Gasteiger partial charge in [0.2, 0.25) is 0 Å². The van der Waals surface area contributed by atoms with Crippen LogP contribution in [0.1, 0.15) is 0 Å². The van der Waals surface area contributed by atoms with Crippen molar-refractivity contribution in [2.24, 2.45) is 0 Å². The van der Waals surface area contributed by atoms with Crippen molar-refractivity contribution < 1.29 is 9.47 Å². The van der Waals surface area contributed by atoms with Crippen LogP contribution in [0.25, 0.3) is 54.7 Å². The number of hydrogen-bond acceptors (Lipinski definition) is 4. The lowest BCUT2D eigenvalue weighted by Gasteiger charge is -2.15. The maximum atomic E-state index is 6.37. The first kappa shape index (κ1) is 27.7. The van der Waals surface area contributed by atoms with E-state index in [1.165, 1.54) is 43.6 Å². The largest absolute Gasteiger partial charge is 0.490 e. The fourth-order valence-electron chi connectivity index (χ4n) is 6.66. The zero-order valence-electron chi connectivity index (χ0n) is 25.4. The van der Waals surface area contributed by atoms with E-state index in [2.05, 4.69) is 106 Å². The van der Waals surface area contributed by atoms with E-state index in [9.17, 15) is 0 Å². The summed E-state index contributed by atoms with van der Waals surface area (Å²) in [6.07, 6.45) is 0. The maximum Gasteiger partial charge on any atom is 0.142 e. The fraction of sp³-hybridized carbons (Fsp3) is 0.100. The van der Waals surface area contributed by atoms with Gasteiger partial charge in [0, 0.05) is 43.6 Å². The molecule has 0 aliphatic heterocycles. The van der Waals surface area contributed by atoms with Crippen LogP contribution in [0, 0.1) is 0 Å². The van der Waals surface area contributed by atoms with Crippen LogP contribution in [0.3, 0.4) is 0 Å². The van der Waals surface area contributed by atoms with Gasteiger partial charge < -0.3 is 30.1 Å². The number of nitrogens with two attached hydrogens (primary N) is 2. The number of hydrogen-bond donors (Lipinski definition) is 2. The molecular formula is C40H34N4O2. The van der Waals surface area contributed by atoms with Gasteiger partial charge >= 0.3 is 0 Å². The number of fused-ring (bicyclic) bond motifs is 6. The molecule has 0 unspecified atom stereocenters. The smallest absolute Gasteiger partial charge is 0.142 e. The molecule has 8 rings (SSSR count). The molecule has 0 radical (unpaired) electrons. The fourth-order valence-corrected chi connectivity index (χ4v) is 6.66. The van der Waals surface area contributed by atoms with E-state index >= 15 is 0 Å². The predicted molar refractivity (Wildman–Crippen MR) is 191 cm³/mol. The van der Waals surface area contributed by atoms with Crippen LogP contribution in [0.5, 0.6) is 11.5 Å². The van der Waals surface area contributed by atoms with E-state index in [1.54, 1.807) is 0 Å². The first-order valence-electron chi connectivity index (χ1n) is 15.6. The lowest BCUT2D eigenvalue weighted by atomic mass is 10.0. The minimum Gasteiger partial charge on any atom is -0.490 e. The molecule has 6 aromatic carbocycles. The van der Waals surface area contributed by atoms with Gasteiger partial charge in [-0.1, -0.05) is 84.9 Å². The highest BCUT2D eigenvalue weighted by Gasteiger charge is 2.13. The zero-order chi connectivity index (χ0) is 31.0. The highest BCUT2D eigenvalue weighted by Crippen LogP contribution is 2.34. The molecule has 0 bridgehead atoms. The van der Waals surface area contributed by atoms with Gasteiger partial charge in [-0.05, 0) is 59.7 Å². The highest BCUT2D eigenvalue weighted by molar-refractivity contribution is 6.08. The van der Waals surface area contributed by atoms with E-state index in [4.69, 9.17) is 20.9 Å². The molecule has 0 saturated carbocycles. The van der Waals surface area contributed by atoms with Gasteiger partial charge in [-0.15, -0.1) is 0 Å². The summed E-state index contributed by atoms with van der Waals surface area (Å²) in [4.78, 5) is 0. The Hall–Kier alpha value is -5.88. The summed E-state index contributed by atoms with van der Waals surface area (Å²) in [5.41, 5.74) is 20.7. The predicted octanol–water partition coefficient (Wildman–Crippen LogP) is 8.89. The second-order valence-electron chi connectivity index (χ2n) is 11.6. The summed E-state index contributed by atoms with van der Waals surface area (Å²) >= 11 is 0. The van der Waals surface area contributed by atoms with Crippen LogP contribution >= 0.6 is 0 Å². The van der Waals surface area contributed by atoms with Crippen molar-refractivity contribution in [1.29, 1.82) is 0 Å². The molecule has 0 aliphatic rings. The normalized spacial score (nSPS) is 11.6. The van der Waals surface area contributed by atoms with Crippen molar-refractivity contribution in [3.8, 4) is 22.6 Å². The van der Waals surface area contributed by atoms with E-state index < -0.39 is 0 Å². The van der Waals surface area contributed by atoms with Gasteiger partial charge in [0.1, 0.15) is 24.7 Å². The summed E-state index contributed by atoms with van der Waals surface area (Å²) in [6.45, 7) is 2.36. The van der Waals surface area contributed by atoms with E-state index in [-0.39, 0.29) is 0 Å². The number of rotatable bonds is 9. The summed E-state index contributed by atoms with van der Waals surface area (Å²) in [7, 11) is 0. The number of benzene rings is 6. The van der Waals surface area contributed by atoms with Crippen LogP contribution in [-0.2, 0) is 13.1 Å². The highest BCUT2D eigenvalue weighted by atomic mass is 16.5. The van der Waals surface area contributed by atoms with Gasteiger partial charge in [0.25, 0.3) is 0 Å². The number of anilines is 2. The van der Waals surface area contributed by atoms with Crippen molar-refractivity contribution in [3.63, 3.8) is 0 Å². The molecule has 0 fully saturated rings. The summed E-state index contributed by atoms with van der Waals surface area (Å²) in [5, 5.41) is 4.99. The Labute approximate surface area is 267 Å². The second-order valence-corrected chi connectivity index (χ2v) is 11.6. The maximum absolute atomic E-state index is 6.37. The quantitative estimate of drug-likeness (QED) is 0.162. The summed E-state index contributed by atoms with van der Waals surface area (Å²) < 4.78 is 17.2. The minimum absolute atomic E-state index is 0.481. The standard InChI is InChI=1S/C40H34N4O2/c41-33-19-17-27(25-39(33)45-23-21-43-35-13-5-1-9-29(35)30-10-2-6-14-36(30)43)28-18-20-34(42)40(26-28)46-24-22-44-37-15-7-3-11-31(37)32-12-4-8-16-38(32)44/h1-20,25-26H,21-24,41-42H2. The molecule has 2 aromatic heterocycles. The van der Waals surface area contributed by atoms with Crippen molar-refractivity contribution in [3.05, 3.63) is 133 Å². The zero-order valence-corrected chi connectivity index (χ0v) is 25.4. The van der Waals surface area contributed by atoms with E-state index in [0.29, 0.717) is 49.2 Å². The number of nitrogens with zero attached hydrogens (tertiary/aromatic N) is 2. The Morgan fingerprint density at radius 2 is 0.739 bits per heavy atom. The van der Waals surface area contributed by atoms with Crippen molar-refractivity contribution in [2.45, 2.75) is 13.1 Å². The molecule has 6 heteroatoms. The molecule has 226 valence electrons. The monoisotopic (exact) mass is 602 g/mol. The molecule has 0 amide bonds. The minimum atomic E-state index is 0.481. The number of aromatic nitrogens is 2. The number of para-hydroxylation sites is 4. The second kappa shape index (κ2) is 11.6. The van der Waals surface area contributed by atoms with Crippen LogP contribution in [0.2, 0.25) is 0 Å². The Morgan fingerprint density at radius 3 is 1.09 bits per heavy atom. The Kier molecular flexibility index (Phi) is 6.95. The number of ether oxygens (including phenoxy) is 2. The van der Waals surface area contributed by atoms with Crippen molar-refractivity contribution in [2.75, 3.05) is 24.7 Å². The third kappa shape index (κ3) is 4.85. The molecule has 0 atom stereocenters. The average molecular weight is 603 g/mol. The molecule has 0 spiro atoms. The molecular weight excluding hydrogens is 568 g/mol. The van der Waals surface area contributed by atoms with Crippen LogP contribution < -0.4 is 20.9 Å². The van der Waals surface area contributed by atoms with Crippen molar-refractivity contribution >= 4 is 55.0 Å². The number of nitrogen functional groups attached to an aromatic ring is 2. The first-order valence-corrected chi connectivity index (χ1v) is 15.6. The molecule has 6 nitrogen and oxygen atoms in total. The summed E-state index contributed by atoms with van der Waals surface area (Å²) in [5.74, 6) is 1.31. The van der Waals surface area contributed by atoms with Crippen LogP contribution in [0.15, 0.2) is 133 Å². The van der Waals surface area contributed by atoms with Gasteiger partial charge in [0.15, 0.2) is 0 Å². The van der Waals surface area contributed by atoms with Gasteiger partial charge in [0.05, 0.1) is 24.5 Å². The first-order chi connectivity index (χ1) is 22.7. The molecule has 4 N–H and O–H groups in total.